The zero-order valence-electron chi connectivity index (χ0n) is 65.0. The molecule has 20 heteroatoms. The molecular formula is C80H152Ag4O16. The molecule has 100 heavy (non-hydrogen) atoms. The van der Waals surface area contributed by atoms with Crippen LogP contribution in [0.5, 0.6) is 0 Å². The molecule has 0 bridgehead atoms. The molecule has 0 saturated carbocycles. The standard InChI is InChI=1S/8C10H20O2.4Ag/c8*1-2-3-4-5-6-7-8-9-10(11)12;;;;/h8*2-9H2,1H3,(H,11,12);;;;/q;;;;;;;;4*+2/p-8. The topological polar surface area (TPSA) is 321 Å². The maximum Gasteiger partial charge on any atom is 2.00 e. The third kappa shape index (κ3) is 177. The molecule has 0 rings (SSSR count). The Hall–Kier alpha value is -1.28. The molecule has 0 aromatic rings. The summed E-state index contributed by atoms with van der Waals surface area (Å²) in [4.78, 5) is 80.2. The first-order valence-electron chi connectivity index (χ1n) is 39.8. The number of carbonyl (C=O) groups is 8. The van der Waals surface area contributed by atoms with Crippen molar-refractivity contribution in [2.24, 2.45) is 0 Å². The van der Waals surface area contributed by atoms with E-state index in [1.165, 1.54) is 257 Å². The van der Waals surface area contributed by atoms with Gasteiger partial charge in [0.1, 0.15) is 0 Å². The zero-order valence-corrected chi connectivity index (χ0v) is 70.9. The number of unbranched alkanes of at least 4 members (excludes halogenated alkanes) is 48. The van der Waals surface area contributed by atoms with Crippen LogP contribution in [0, 0.1) is 0 Å². The van der Waals surface area contributed by atoms with Gasteiger partial charge in [0, 0.05) is 47.8 Å². The van der Waals surface area contributed by atoms with Crippen LogP contribution in [0.15, 0.2) is 0 Å². The third-order valence-electron chi connectivity index (χ3n) is 15.9. The second kappa shape index (κ2) is 122. The van der Waals surface area contributed by atoms with Crippen LogP contribution in [-0.2, 0) is 128 Å². The number of hydrogen-bond donors (Lipinski definition) is 0. The quantitative estimate of drug-likeness (QED) is 0.0403. The van der Waals surface area contributed by atoms with E-state index in [0.717, 1.165) is 103 Å². The van der Waals surface area contributed by atoms with Crippen molar-refractivity contribution in [2.45, 2.75) is 466 Å². The van der Waals surface area contributed by atoms with Crippen LogP contribution in [0.4, 0.5) is 0 Å². The van der Waals surface area contributed by atoms with Gasteiger partial charge in [-0.1, -0.05) is 364 Å². The summed E-state index contributed by atoms with van der Waals surface area (Å²) in [6.45, 7) is 17.5. The first-order chi connectivity index (χ1) is 46.2. The molecule has 0 aromatic heterocycles. The smallest absolute Gasteiger partial charge is 0.550 e. The van der Waals surface area contributed by atoms with Crippen LogP contribution in [0.2, 0.25) is 0 Å². The van der Waals surface area contributed by atoms with Crippen LogP contribution in [0.25, 0.3) is 0 Å². The Morgan fingerprint density at radius 2 is 0.190 bits per heavy atom. The van der Waals surface area contributed by atoms with Gasteiger partial charge in [0.2, 0.25) is 0 Å². The van der Waals surface area contributed by atoms with Crippen molar-refractivity contribution in [2.75, 3.05) is 0 Å². The summed E-state index contributed by atoms with van der Waals surface area (Å²) in [5.41, 5.74) is 0. The van der Waals surface area contributed by atoms with Crippen molar-refractivity contribution in [3.63, 3.8) is 0 Å². The van der Waals surface area contributed by atoms with Gasteiger partial charge in [-0.25, -0.2) is 0 Å². The van der Waals surface area contributed by atoms with Gasteiger partial charge >= 0.3 is 89.5 Å². The molecule has 0 spiro atoms. The molecular weight excluding hydrogens is 1650 g/mol. The van der Waals surface area contributed by atoms with E-state index in [2.05, 4.69) is 55.4 Å². The fraction of sp³-hybridized carbons (Fsp3) is 0.900. The fourth-order valence-corrected chi connectivity index (χ4v) is 9.81. The summed E-state index contributed by atoms with van der Waals surface area (Å²) >= 11 is 0. The molecule has 0 amide bonds. The van der Waals surface area contributed by atoms with E-state index < -0.39 is 47.8 Å². The largest absolute Gasteiger partial charge is 2.00 e. The zero-order chi connectivity index (χ0) is 73.9. The van der Waals surface area contributed by atoms with Gasteiger partial charge in [0.05, 0.1) is 0 Å². The number of carboxylic acid groups (broad SMARTS) is 8. The summed E-state index contributed by atoms with van der Waals surface area (Å²) in [5.74, 6) is -7.31. The molecule has 0 fully saturated rings. The predicted molar refractivity (Wildman–Crippen MR) is 381 cm³/mol. The van der Waals surface area contributed by atoms with Gasteiger partial charge in [-0.3, -0.25) is 0 Å². The molecule has 4 radical (unpaired) electrons. The second-order valence-corrected chi connectivity index (χ2v) is 25.9. The maximum absolute atomic E-state index is 10.0. The third-order valence-corrected chi connectivity index (χ3v) is 15.9. The van der Waals surface area contributed by atoms with E-state index >= 15 is 0 Å². The molecule has 0 atom stereocenters. The van der Waals surface area contributed by atoms with Crippen LogP contribution in [0.1, 0.15) is 466 Å². The molecule has 0 heterocycles. The molecule has 612 valence electrons. The number of rotatable bonds is 64. The van der Waals surface area contributed by atoms with Crippen molar-refractivity contribution in [1.29, 1.82) is 0 Å². The Bertz CT molecular complexity index is 1240. The van der Waals surface area contributed by atoms with E-state index in [9.17, 15) is 79.2 Å². The summed E-state index contributed by atoms with van der Waals surface area (Å²) in [6, 6.07) is 0. The summed E-state index contributed by atoms with van der Waals surface area (Å²) < 4.78 is 0. The molecule has 0 aliphatic heterocycles. The Balaban J connectivity index is -0.0000000880. The normalized spacial score (nSPS) is 9.68. The Labute approximate surface area is 677 Å². The Kier molecular flexibility index (Phi) is 152. The fourth-order valence-electron chi connectivity index (χ4n) is 9.81. The van der Waals surface area contributed by atoms with E-state index in [1.54, 1.807) is 0 Å². The van der Waals surface area contributed by atoms with Gasteiger partial charge in [-0.15, -0.1) is 0 Å². The molecule has 0 saturated heterocycles. The summed E-state index contributed by atoms with van der Waals surface area (Å²) in [7, 11) is 0. The van der Waals surface area contributed by atoms with Gasteiger partial charge in [0.25, 0.3) is 0 Å². The van der Waals surface area contributed by atoms with Gasteiger partial charge in [-0.2, -0.15) is 0 Å². The van der Waals surface area contributed by atoms with Crippen LogP contribution >= 0.6 is 0 Å². The average Bonchev–Trinajstić information content (AvgIpc) is 3.60. The van der Waals surface area contributed by atoms with Crippen molar-refractivity contribution in [3.05, 3.63) is 0 Å². The molecule has 0 N–H and O–H groups in total. The average molecular weight is 1800 g/mol. The predicted octanol–water partition coefficient (Wildman–Crippen LogP) is 15.0. The van der Waals surface area contributed by atoms with Gasteiger partial charge in [0.15, 0.2) is 0 Å². The number of carboxylic acids is 8. The SMILES string of the molecule is CCCCCCCCCC(=O)[O-].CCCCCCCCCC(=O)[O-].CCCCCCCCCC(=O)[O-].CCCCCCCCCC(=O)[O-].CCCCCCCCCC(=O)[O-].CCCCCCCCCC(=O)[O-].CCCCCCCCCC(=O)[O-].CCCCCCCCCC(=O)[O-].[Ag+2].[Ag+2].[Ag+2].[Ag+2]. The minimum atomic E-state index is -0.913. The number of aliphatic carboxylic acids is 8. The maximum atomic E-state index is 10.0. The van der Waals surface area contributed by atoms with Crippen molar-refractivity contribution in [3.8, 4) is 0 Å². The first kappa shape index (κ1) is 125. The Morgan fingerprint density at radius 1 is 0.130 bits per heavy atom. The van der Waals surface area contributed by atoms with E-state index in [4.69, 9.17) is 0 Å². The minimum Gasteiger partial charge on any atom is -0.550 e. The molecule has 0 aliphatic carbocycles. The summed E-state index contributed by atoms with van der Waals surface area (Å²) in [5, 5.41) is 80.2. The second-order valence-electron chi connectivity index (χ2n) is 25.9. The van der Waals surface area contributed by atoms with Crippen molar-refractivity contribution >= 4 is 47.8 Å². The van der Waals surface area contributed by atoms with Crippen LogP contribution in [0.3, 0.4) is 0 Å². The van der Waals surface area contributed by atoms with E-state index in [-0.39, 0.29) is 141 Å². The molecule has 0 aromatic carbocycles. The molecule has 0 unspecified atom stereocenters. The molecule has 0 aliphatic rings. The van der Waals surface area contributed by atoms with Crippen molar-refractivity contribution in [1.82, 2.24) is 0 Å². The summed E-state index contributed by atoms with van der Waals surface area (Å²) in [6.07, 6.45) is 66.7. The minimum absolute atomic E-state index is 0. The van der Waals surface area contributed by atoms with Gasteiger partial charge < -0.3 is 79.2 Å². The molecule has 16 nitrogen and oxygen atoms in total. The van der Waals surface area contributed by atoms with Crippen molar-refractivity contribution < 1.29 is 169 Å². The monoisotopic (exact) mass is 1800 g/mol. The van der Waals surface area contributed by atoms with E-state index in [1.807, 2.05) is 0 Å². The van der Waals surface area contributed by atoms with E-state index in [0.29, 0.717) is 0 Å². The number of hydrogen-bond acceptors (Lipinski definition) is 16. The first-order valence-corrected chi connectivity index (χ1v) is 39.8. The van der Waals surface area contributed by atoms with Crippen LogP contribution < -0.4 is 40.9 Å². The Morgan fingerprint density at radius 3 is 0.250 bits per heavy atom. The van der Waals surface area contributed by atoms with Gasteiger partial charge in [-0.05, 0) is 103 Å². The number of carbonyl (C=O) groups excluding carboxylic acids is 8. The van der Waals surface area contributed by atoms with Crippen LogP contribution in [-0.4, -0.2) is 47.8 Å².